The predicted octanol–water partition coefficient (Wildman–Crippen LogP) is 2.26. The lowest BCUT2D eigenvalue weighted by molar-refractivity contribution is 0.0937. The van der Waals surface area contributed by atoms with Crippen molar-refractivity contribution in [2.75, 3.05) is 14.2 Å². The summed E-state index contributed by atoms with van der Waals surface area (Å²) >= 11 is 0. The Morgan fingerprint density at radius 3 is 2.54 bits per heavy atom. The number of aryl methyl sites for hydroxylation is 1. The predicted molar refractivity (Wildman–Crippen MR) is 102 cm³/mol. The van der Waals surface area contributed by atoms with E-state index in [0.29, 0.717) is 41.1 Å². The summed E-state index contributed by atoms with van der Waals surface area (Å²) in [5.74, 6) is 1.64. The molecular formula is C19H22N6O3. The standard InChI is InChI=1S/C19H22N6O3/c1-5-25-18(20-11-21-25)12(2)22-19(26)14-8-6-7-13(9-14)17-23-15(27-3)10-16(24-17)28-4/h6-12H,5H2,1-4H3,(H,22,26). The number of nitrogens with one attached hydrogen (secondary N) is 1. The second-order valence-corrected chi connectivity index (χ2v) is 5.99. The molecule has 0 aliphatic rings. The van der Waals surface area contributed by atoms with Gasteiger partial charge in [0.25, 0.3) is 5.91 Å². The van der Waals surface area contributed by atoms with Crippen molar-refractivity contribution in [3.05, 3.63) is 48.0 Å². The third-order valence-electron chi connectivity index (χ3n) is 4.16. The highest BCUT2D eigenvalue weighted by atomic mass is 16.5. The summed E-state index contributed by atoms with van der Waals surface area (Å²) in [7, 11) is 3.04. The van der Waals surface area contributed by atoms with Gasteiger partial charge >= 0.3 is 0 Å². The number of amides is 1. The monoisotopic (exact) mass is 382 g/mol. The molecule has 3 aromatic rings. The molecule has 0 aliphatic carbocycles. The maximum Gasteiger partial charge on any atom is 0.251 e. The molecule has 2 aromatic heterocycles. The van der Waals surface area contributed by atoms with Crippen LogP contribution in [0.5, 0.6) is 11.8 Å². The van der Waals surface area contributed by atoms with Crippen LogP contribution in [0.1, 0.15) is 36.1 Å². The molecule has 2 heterocycles. The van der Waals surface area contributed by atoms with Gasteiger partial charge in [-0.1, -0.05) is 12.1 Å². The Bertz CT molecular complexity index is 950. The van der Waals surface area contributed by atoms with E-state index in [1.54, 1.807) is 28.9 Å². The average Bonchev–Trinajstić information content (AvgIpc) is 3.22. The number of hydrogen-bond acceptors (Lipinski definition) is 7. The van der Waals surface area contributed by atoms with Crippen LogP contribution in [0.25, 0.3) is 11.4 Å². The van der Waals surface area contributed by atoms with E-state index in [0.717, 1.165) is 0 Å². The molecule has 0 spiro atoms. The molecular weight excluding hydrogens is 360 g/mol. The summed E-state index contributed by atoms with van der Waals surface area (Å²) in [6, 6.07) is 8.35. The van der Waals surface area contributed by atoms with Gasteiger partial charge in [0.15, 0.2) is 5.82 Å². The Morgan fingerprint density at radius 2 is 1.89 bits per heavy atom. The van der Waals surface area contributed by atoms with E-state index in [9.17, 15) is 4.79 Å². The van der Waals surface area contributed by atoms with Crippen molar-refractivity contribution in [1.29, 1.82) is 0 Å². The quantitative estimate of drug-likeness (QED) is 0.668. The Hall–Kier alpha value is -3.49. The lowest BCUT2D eigenvalue weighted by Crippen LogP contribution is -2.28. The molecule has 1 amide bonds. The summed E-state index contributed by atoms with van der Waals surface area (Å²) in [5, 5.41) is 7.08. The van der Waals surface area contributed by atoms with Crippen molar-refractivity contribution in [3.8, 4) is 23.1 Å². The highest BCUT2D eigenvalue weighted by Gasteiger charge is 2.17. The molecule has 1 aromatic carbocycles. The van der Waals surface area contributed by atoms with Crippen LogP contribution in [0.2, 0.25) is 0 Å². The van der Waals surface area contributed by atoms with Gasteiger partial charge in [-0.05, 0) is 26.0 Å². The van der Waals surface area contributed by atoms with Gasteiger partial charge in [0.2, 0.25) is 11.8 Å². The zero-order valence-electron chi connectivity index (χ0n) is 16.2. The van der Waals surface area contributed by atoms with E-state index >= 15 is 0 Å². The fraction of sp³-hybridized carbons (Fsp3) is 0.316. The number of hydrogen-bond donors (Lipinski definition) is 1. The number of nitrogens with zero attached hydrogens (tertiary/aromatic N) is 5. The first-order valence-electron chi connectivity index (χ1n) is 8.81. The SMILES string of the molecule is CCn1ncnc1C(C)NC(=O)c1cccc(-c2nc(OC)cc(OC)n2)c1. The molecule has 0 aliphatic heterocycles. The minimum absolute atomic E-state index is 0.227. The Morgan fingerprint density at radius 1 is 1.18 bits per heavy atom. The lowest BCUT2D eigenvalue weighted by atomic mass is 10.1. The number of methoxy groups -OCH3 is 2. The number of ether oxygens (including phenoxy) is 2. The molecule has 9 heteroatoms. The van der Waals surface area contributed by atoms with Gasteiger partial charge in [-0.15, -0.1) is 0 Å². The first-order valence-corrected chi connectivity index (χ1v) is 8.81. The van der Waals surface area contributed by atoms with Gasteiger partial charge in [0.1, 0.15) is 12.2 Å². The van der Waals surface area contributed by atoms with Gasteiger partial charge in [0, 0.05) is 17.7 Å². The Labute approximate surface area is 162 Å². The summed E-state index contributed by atoms with van der Waals surface area (Å²) in [6.45, 7) is 4.52. The highest BCUT2D eigenvalue weighted by molar-refractivity contribution is 5.95. The number of benzene rings is 1. The molecule has 146 valence electrons. The summed E-state index contributed by atoms with van der Waals surface area (Å²) in [5.41, 5.74) is 1.16. The largest absolute Gasteiger partial charge is 0.481 e. The molecule has 1 unspecified atom stereocenters. The molecule has 1 atom stereocenters. The fourth-order valence-corrected chi connectivity index (χ4v) is 2.74. The van der Waals surface area contributed by atoms with E-state index in [1.165, 1.54) is 20.5 Å². The van der Waals surface area contributed by atoms with Gasteiger partial charge in [-0.3, -0.25) is 4.79 Å². The Balaban J connectivity index is 1.84. The van der Waals surface area contributed by atoms with Crippen LogP contribution >= 0.6 is 0 Å². The molecule has 28 heavy (non-hydrogen) atoms. The van der Waals surface area contributed by atoms with Crippen molar-refractivity contribution in [1.82, 2.24) is 30.0 Å². The zero-order valence-corrected chi connectivity index (χ0v) is 16.2. The first-order chi connectivity index (χ1) is 13.5. The average molecular weight is 382 g/mol. The van der Waals surface area contributed by atoms with E-state index in [2.05, 4.69) is 25.4 Å². The summed E-state index contributed by atoms with van der Waals surface area (Å²) in [6.07, 6.45) is 1.48. The van der Waals surface area contributed by atoms with Crippen LogP contribution < -0.4 is 14.8 Å². The normalized spacial score (nSPS) is 11.7. The second-order valence-electron chi connectivity index (χ2n) is 5.99. The number of carbonyl (C=O) groups is 1. The van der Waals surface area contributed by atoms with Gasteiger partial charge in [0.05, 0.1) is 26.3 Å². The maximum absolute atomic E-state index is 12.7. The van der Waals surface area contributed by atoms with Crippen LogP contribution in [-0.2, 0) is 6.54 Å². The minimum atomic E-state index is -0.285. The third-order valence-corrected chi connectivity index (χ3v) is 4.16. The van der Waals surface area contributed by atoms with Gasteiger partial charge < -0.3 is 14.8 Å². The van der Waals surface area contributed by atoms with Gasteiger partial charge in [-0.2, -0.15) is 15.1 Å². The second kappa shape index (κ2) is 8.47. The third kappa shape index (κ3) is 4.08. The molecule has 0 fully saturated rings. The molecule has 0 radical (unpaired) electrons. The zero-order chi connectivity index (χ0) is 20.1. The van der Waals surface area contributed by atoms with Crippen LogP contribution in [0.4, 0.5) is 0 Å². The van der Waals surface area contributed by atoms with Crippen molar-refractivity contribution < 1.29 is 14.3 Å². The van der Waals surface area contributed by atoms with Crippen LogP contribution in [0, 0.1) is 0 Å². The molecule has 0 bridgehead atoms. The number of aromatic nitrogens is 5. The van der Waals surface area contributed by atoms with Crippen molar-refractivity contribution in [2.24, 2.45) is 0 Å². The van der Waals surface area contributed by atoms with Crippen LogP contribution in [-0.4, -0.2) is 44.9 Å². The number of carbonyl (C=O) groups excluding carboxylic acids is 1. The van der Waals surface area contributed by atoms with Crippen LogP contribution in [0.3, 0.4) is 0 Å². The van der Waals surface area contributed by atoms with Crippen molar-refractivity contribution in [2.45, 2.75) is 26.4 Å². The first kappa shape index (κ1) is 19.3. The fourth-order valence-electron chi connectivity index (χ4n) is 2.74. The molecule has 1 N–H and O–H groups in total. The summed E-state index contributed by atoms with van der Waals surface area (Å²) < 4.78 is 12.1. The molecule has 3 rings (SSSR count). The maximum atomic E-state index is 12.7. The van der Waals surface area contributed by atoms with E-state index in [4.69, 9.17) is 9.47 Å². The minimum Gasteiger partial charge on any atom is -0.481 e. The van der Waals surface area contributed by atoms with Crippen molar-refractivity contribution in [3.63, 3.8) is 0 Å². The van der Waals surface area contributed by atoms with Crippen LogP contribution in [0.15, 0.2) is 36.7 Å². The number of rotatable bonds is 7. The molecule has 9 nitrogen and oxygen atoms in total. The topological polar surface area (TPSA) is 104 Å². The van der Waals surface area contributed by atoms with Crippen molar-refractivity contribution >= 4 is 5.91 Å². The van der Waals surface area contributed by atoms with E-state index < -0.39 is 0 Å². The van der Waals surface area contributed by atoms with E-state index in [-0.39, 0.29) is 11.9 Å². The lowest BCUT2D eigenvalue weighted by Gasteiger charge is -2.14. The molecule has 0 saturated carbocycles. The van der Waals surface area contributed by atoms with Gasteiger partial charge in [-0.25, -0.2) is 9.67 Å². The summed E-state index contributed by atoms with van der Waals surface area (Å²) in [4.78, 5) is 25.6. The Kier molecular flexibility index (Phi) is 5.83. The molecule has 0 saturated heterocycles. The smallest absolute Gasteiger partial charge is 0.251 e. The highest BCUT2D eigenvalue weighted by Crippen LogP contribution is 2.23. The van der Waals surface area contributed by atoms with E-state index in [1.807, 2.05) is 19.9 Å².